The average molecular weight is 162 g/mol. The van der Waals surface area contributed by atoms with Crippen molar-refractivity contribution in [3.63, 3.8) is 0 Å². The van der Waals surface area contributed by atoms with E-state index in [2.05, 4.69) is 27.1 Å². The minimum absolute atomic E-state index is 0.407. The number of nitrogens with two attached hydrogens (primary N) is 1. The highest BCUT2D eigenvalue weighted by Gasteiger charge is 1.91. The summed E-state index contributed by atoms with van der Waals surface area (Å²) in [6.45, 7) is 2.35. The smallest absolute Gasteiger partial charge is 0.147 e. The van der Waals surface area contributed by atoms with Gasteiger partial charge in [-0.15, -0.1) is 5.92 Å². The van der Waals surface area contributed by atoms with Crippen molar-refractivity contribution >= 4 is 11.6 Å². The highest BCUT2D eigenvalue weighted by molar-refractivity contribution is 5.39. The average Bonchev–Trinajstić information content (AvgIpc) is 2.05. The molecule has 0 amide bonds. The van der Waals surface area contributed by atoms with Crippen molar-refractivity contribution in [2.24, 2.45) is 0 Å². The Morgan fingerprint density at radius 1 is 1.58 bits per heavy atom. The molecule has 62 valence electrons. The molecule has 1 aromatic rings. The highest BCUT2D eigenvalue weighted by Crippen LogP contribution is 2.01. The lowest BCUT2D eigenvalue weighted by Gasteiger charge is -1.99. The molecule has 0 bridgehead atoms. The van der Waals surface area contributed by atoms with E-state index in [9.17, 15) is 0 Å². The molecule has 1 heterocycles. The normalized spacial score (nSPS) is 8.42. The lowest BCUT2D eigenvalue weighted by molar-refractivity contribution is 1.18. The molecular formula is C8H10N4. The van der Waals surface area contributed by atoms with Crippen LogP contribution in [0, 0.1) is 11.8 Å². The Morgan fingerprint density at radius 2 is 2.42 bits per heavy atom. The zero-order valence-corrected chi connectivity index (χ0v) is 6.83. The van der Waals surface area contributed by atoms with Crippen molar-refractivity contribution in [3.05, 3.63) is 12.4 Å². The van der Waals surface area contributed by atoms with Crippen LogP contribution in [0.5, 0.6) is 0 Å². The molecule has 0 saturated heterocycles. The third-order valence-corrected chi connectivity index (χ3v) is 1.19. The van der Waals surface area contributed by atoms with E-state index >= 15 is 0 Å². The van der Waals surface area contributed by atoms with Crippen molar-refractivity contribution in [3.8, 4) is 11.8 Å². The molecule has 1 aromatic heterocycles. The lowest BCUT2D eigenvalue weighted by atomic mass is 10.5. The van der Waals surface area contributed by atoms with Gasteiger partial charge >= 0.3 is 0 Å². The Bertz CT molecular complexity index is 310. The van der Waals surface area contributed by atoms with E-state index in [4.69, 9.17) is 5.73 Å². The first-order valence-electron chi connectivity index (χ1n) is 3.54. The number of anilines is 2. The Morgan fingerprint density at radius 3 is 3.08 bits per heavy atom. The molecule has 3 N–H and O–H groups in total. The maximum absolute atomic E-state index is 5.41. The van der Waals surface area contributed by atoms with Crippen LogP contribution in [0.25, 0.3) is 0 Å². The third kappa shape index (κ3) is 2.46. The Labute approximate surface area is 71.2 Å². The fraction of sp³-hybridized carbons (Fsp3) is 0.250. The second-order valence-corrected chi connectivity index (χ2v) is 2.11. The zero-order valence-electron chi connectivity index (χ0n) is 6.83. The molecule has 0 fully saturated rings. The molecule has 12 heavy (non-hydrogen) atoms. The molecule has 4 nitrogen and oxygen atoms in total. The summed E-state index contributed by atoms with van der Waals surface area (Å²) in [5.74, 6) is 6.66. The van der Waals surface area contributed by atoms with Gasteiger partial charge in [-0.25, -0.2) is 4.98 Å². The number of rotatable bonds is 2. The second kappa shape index (κ2) is 4.19. The van der Waals surface area contributed by atoms with Crippen molar-refractivity contribution in [1.29, 1.82) is 0 Å². The molecule has 0 aliphatic rings. The minimum Gasteiger partial charge on any atom is -0.382 e. The topological polar surface area (TPSA) is 63.8 Å². The van der Waals surface area contributed by atoms with Crippen LogP contribution in [0.4, 0.5) is 11.6 Å². The van der Waals surface area contributed by atoms with E-state index in [0.717, 1.165) is 0 Å². The SMILES string of the molecule is CC#CCNc1cncc(N)n1. The first-order chi connectivity index (χ1) is 5.83. The number of nitrogens with one attached hydrogen (secondary N) is 1. The highest BCUT2D eigenvalue weighted by atomic mass is 15.0. The van der Waals surface area contributed by atoms with Gasteiger partial charge in [0.2, 0.25) is 0 Å². The van der Waals surface area contributed by atoms with Gasteiger partial charge in [0.1, 0.15) is 11.6 Å². The number of hydrogen-bond donors (Lipinski definition) is 2. The largest absolute Gasteiger partial charge is 0.382 e. The molecular weight excluding hydrogens is 152 g/mol. The molecule has 0 atom stereocenters. The Hall–Kier alpha value is -1.76. The fourth-order valence-corrected chi connectivity index (χ4v) is 0.689. The Kier molecular flexibility index (Phi) is 2.91. The van der Waals surface area contributed by atoms with Gasteiger partial charge in [0.15, 0.2) is 0 Å². The number of aromatic nitrogens is 2. The summed E-state index contributed by atoms with van der Waals surface area (Å²) in [4.78, 5) is 7.85. The van der Waals surface area contributed by atoms with Gasteiger partial charge in [0.05, 0.1) is 18.9 Å². The summed E-state index contributed by atoms with van der Waals surface area (Å²) in [6, 6.07) is 0. The van der Waals surface area contributed by atoms with Crippen LogP contribution in [-0.4, -0.2) is 16.5 Å². The van der Waals surface area contributed by atoms with E-state index in [1.807, 2.05) is 0 Å². The van der Waals surface area contributed by atoms with Gasteiger partial charge in [-0.2, -0.15) is 0 Å². The van der Waals surface area contributed by atoms with E-state index in [-0.39, 0.29) is 0 Å². The maximum atomic E-state index is 5.41. The van der Waals surface area contributed by atoms with Crippen LogP contribution in [0.1, 0.15) is 6.92 Å². The summed E-state index contributed by atoms with van der Waals surface area (Å²) >= 11 is 0. The standard InChI is InChI=1S/C8H10N4/c1-2-3-4-11-8-6-10-5-7(9)12-8/h5-6H,4H2,1H3,(H3,9,11,12). The van der Waals surface area contributed by atoms with Crippen LogP contribution in [0.15, 0.2) is 12.4 Å². The first-order valence-corrected chi connectivity index (χ1v) is 3.54. The van der Waals surface area contributed by atoms with Gasteiger partial charge in [0.25, 0.3) is 0 Å². The molecule has 0 aromatic carbocycles. The second-order valence-electron chi connectivity index (χ2n) is 2.11. The van der Waals surface area contributed by atoms with Crippen LogP contribution in [0.3, 0.4) is 0 Å². The molecule has 4 heteroatoms. The van der Waals surface area contributed by atoms with Gasteiger partial charge in [-0.1, -0.05) is 5.92 Å². The van der Waals surface area contributed by atoms with Crippen LogP contribution in [-0.2, 0) is 0 Å². The van der Waals surface area contributed by atoms with Gasteiger partial charge in [-0.3, -0.25) is 4.98 Å². The van der Waals surface area contributed by atoms with Crippen molar-refractivity contribution in [2.45, 2.75) is 6.92 Å². The predicted octanol–water partition coefficient (Wildman–Crippen LogP) is 0.494. The minimum atomic E-state index is 0.407. The van der Waals surface area contributed by atoms with Gasteiger partial charge in [0, 0.05) is 0 Å². The van der Waals surface area contributed by atoms with Crippen LogP contribution < -0.4 is 11.1 Å². The number of hydrogen-bond acceptors (Lipinski definition) is 4. The molecule has 0 radical (unpaired) electrons. The van der Waals surface area contributed by atoms with E-state index in [1.165, 1.54) is 6.20 Å². The van der Waals surface area contributed by atoms with Crippen molar-refractivity contribution in [1.82, 2.24) is 9.97 Å². The van der Waals surface area contributed by atoms with Crippen molar-refractivity contribution in [2.75, 3.05) is 17.6 Å². The predicted molar refractivity (Wildman–Crippen MR) is 48.4 cm³/mol. The first kappa shape index (κ1) is 8.34. The van der Waals surface area contributed by atoms with Crippen LogP contribution in [0.2, 0.25) is 0 Å². The van der Waals surface area contributed by atoms with E-state index < -0.39 is 0 Å². The number of nitrogens with zero attached hydrogens (tertiary/aromatic N) is 2. The molecule has 0 aliphatic heterocycles. The molecule has 0 unspecified atom stereocenters. The summed E-state index contributed by atoms with van der Waals surface area (Å²) in [5.41, 5.74) is 5.41. The zero-order chi connectivity index (χ0) is 8.81. The molecule has 0 aliphatic carbocycles. The van der Waals surface area contributed by atoms with E-state index in [0.29, 0.717) is 18.2 Å². The summed E-state index contributed by atoms with van der Waals surface area (Å²) in [7, 11) is 0. The quantitative estimate of drug-likeness (QED) is 0.621. The fourth-order valence-electron chi connectivity index (χ4n) is 0.689. The van der Waals surface area contributed by atoms with Gasteiger partial charge < -0.3 is 11.1 Å². The Balaban J connectivity index is 2.55. The summed E-state index contributed by atoms with van der Waals surface area (Å²) in [6.07, 6.45) is 3.10. The van der Waals surface area contributed by atoms with Crippen LogP contribution >= 0.6 is 0 Å². The van der Waals surface area contributed by atoms with E-state index in [1.54, 1.807) is 13.1 Å². The lowest BCUT2D eigenvalue weighted by Crippen LogP contribution is -2.03. The van der Waals surface area contributed by atoms with Gasteiger partial charge in [-0.05, 0) is 6.92 Å². The van der Waals surface area contributed by atoms with Crippen molar-refractivity contribution < 1.29 is 0 Å². The summed E-state index contributed by atoms with van der Waals surface area (Å²) in [5, 5.41) is 2.96. The molecule has 0 saturated carbocycles. The summed E-state index contributed by atoms with van der Waals surface area (Å²) < 4.78 is 0. The number of nitrogen functional groups attached to an aromatic ring is 1. The maximum Gasteiger partial charge on any atom is 0.147 e. The third-order valence-electron chi connectivity index (χ3n) is 1.19. The molecule has 0 spiro atoms. The monoisotopic (exact) mass is 162 g/mol. The molecule has 1 rings (SSSR count).